The minimum Gasteiger partial charge on any atom is -0.294 e. The molecule has 2 rings (SSSR count). The van der Waals surface area contributed by atoms with Gasteiger partial charge < -0.3 is 0 Å². The minimum absolute atomic E-state index is 0.00673. The Morgan fingerprint density at radius 1 is 1.00 bits per heavy atom. The summed E-state index contributed by atoms with van der Waals surface area (Å²) < 4.78 is 0. The van der Waals surface area contributed by atoms with Gasteiger partial charge in [0, 0.05) is 15.4 Å². The van der Waals surface area contributed by atoms with E-state index in [1.54, 1.807) is 17.8 Å². The Hall–Kier alpha value is -1.25. The molecule has 0 bridgehead atoms. The number of carbonyl (C=O) groups is 1. The van der Waals surface area contributed by atoms with Crippen LogP contribution in [0.25, 0.3) is 0 Å². The lowest BCUT2D eigenvalue weighted by atomic mass is 10.1. The molecular formula is C16H15ClOS. The van der Waals surface area contributed by atoms with Gasteiger partial charge >= 0.3 is 0 Å². The maximum Gasteiger partial charge on any atom is 0.161 e. The summed E-state index contributed by atoms with van der Waals surface area (Å²) in [7, 11) is 0. The molecule has 3 heteroatoms. The molecule has 19 heavy (non-hydrogen) atoms. The first kappa shape index (κ1) is 14.2. The highest BCUT2D eigenvalue weighted by molar-refractivity contribution is 7.99. The Kier molecular flexibility index (Phi) is 4.33. The summed E-state index contributed by atoms with van der Waals surface area (Å²) >= 11 is 7.76. The van der Waals surface area contributed by atoms with Gasteiger partial charge in [0.15, 0.2) is 5.78 Å². The number of rotatable bonds is 3. The normalized spacial score (nSPS) is 10.5. The van der Waals surface area contributed by atoms with E-state index in [1.165, 1.54) is 22.9 Å². The molecule has 2 aromatic carbocycles. The highest BCUT2D eigenvalue weighted by Crippen LogP contribution is 2.31. The topological polar surface area (TPSA) is 17.1 Å². The first-order valence-electron chi connectivity index (χ1n) is 6.03. The molecule has 0 unspecified atom stereocenters. The standard InChI is InChI=1S/C16H15ClOS/c1-10-4-5-13(8-11(10)2)19-14-6-7-15(12(3)18)16(17)9-14/h4-9H,1-3H3. The summed E-state index contributed by atoms with van der Waals surface area (Å²) in [6, 6.07) is 11.9. The Bertz CT molecular complexity index is 635. The summed E-state index contributed by atoms with van der Waals surface area (Å²) in [5.41, 5.74) is 3.14. The number of carbonyl (C=O) groups excluding carboxylic acids is 1. The minimum atomic E-state index is -0.00673. The van der Waals surface area contributed by atoms with Crippen molar-refractivity contribution in [1.29, 1.82) is 0 Å². The van der Waals surface area contributed by atoms with Crippen molar-refractivity contribution in [2.24, 2.45) is 0 Å². The van der Waals surface area contributed by atoms with E-state index < -0.39 is 0 Å². The molecular weight excluding hydrogens is 276 g/mol. The highest BCUT2D eigenvalue weighted by atomic mass is 35.5. The number of Topliss-reactive ketones (excluding diaryl/α,β-unsaturated/α-hetero) is 1. The van der Waals surface area contributed by atoms with Gasteiger partial charge in [-0.1, -0.05) is 29.4 Å². The maximum atomic E-state index is 11.3. The van der Waals surface area contributed by atoms with Crippen molar-refractivity contribution in [1.82, 2.24) is 0 Å². The van der Waals surface area contributed by atoms with Gasteiger partial charge in [0.25, 0.3) is 0 Å². The second-order valence-electron chi connectivity index (χ2n) is 4.55. The van der Waals surface area contributed by atoms with Gasteiger partial charge in [0.1, 0.15) is 0 Å². The summed E-state index contributed by atoms with van der Waals surface area (Å²) in [4.78, 5) is 13.5. The van der Waals surface area contributed by atoms with E-state index in [-0.39, 0.29) is 5.78 Å². The Labute approximate surface area is 123 Å². The Morgan fingerprint density at radius 3 is 2.21 bits per heavy atom. The fraction of sp³-hybridized carbons (Fsp3) is 0.188. The van der Waals surface area contributed by atoms with Gasteiger partial charge in [-0.2, -0.15) is 0 Å². The Morgan fingerprint density at radius 2 is 1.63 bits per heavy atom. The number of benzene rings is 2. The number of aryl methyl sites for hydroxylation is 2. The number of hydrogen-bond acceptors (Lipinski definition) is 2. The van der Waals surface area contributed by atoms with Crippen molar-refractivity contribution in [2.45, 2.75) is 30.6 Å². The molecule has 0 heterocycles. The van der Waals surface area contributed by atoms with Gasteiger partial charge in [-0.15, -0.1) is 0 Å². The molecule has 0 saturated carbocycles. The van der Waals surface area contributed by atoms with Crippen LogP contribution in [-0.4, -0.2) is 5.78 Å². The van der Waals surface area contributed by atoms with Crippen LogP contribution in [0.2, 0.25) is 5.02 Å². The molecule has 0 aromatic heterocycles. The molecule has 2 aromatic rings. The Balaban J connectivity index is 2.26. The van der Waals surface area contributed by atoms with E-state index in [0.29, 0.717) is 10.6 Å². The molecule has 0 fully saturated rings. The zero-order valence-electron chi connectivity index (χ0n) is 11.2. The first-order valence-corrected chi connectivity index (χ1v) is 7.22. The zero-order valence-corrected chi connectivity index (χ0v) is 12.7. The second-order valence-corrected chi connectivity index (χ2v) is 6.10. The quantitative estimate of drug-likeness (QED) is 0.713. The third-order valence-electron chi connectivity index (χ3n) is 3.03. The molecule has 0 saturated heterocycles. The third-order valence-corrected chi connectivity index (χ3v) is 4.33. The predicted octanol–water partition coefficient (Wildman–Crippen LogP) is 5.31. The molecule has 0 radical (unpaired) electrons. The van der Waals surface area contributed by atoms with Crippen molar-refractivity contribution < 1.29 is 4.79 Å². The molecule has 1 nitrogen and oxygen atoms in total. The average molecular weight is 291 g/mol. The van der Waals surface area contributed by atoms with Gasteiger partial charge in [0.05, 0.1) is 5.02 Å². The summed E-state index contributed by atoms with van der Waals surface area (Å²) in [6.07, 6.45) is 0. The summed E-state index contributed by atoms with van der Waals surface area (Å²) in [5, 5.41) is 0.515. The maximum absolute atomic E-state index is 11.3. The molecule has 0 aliphatic heterocycles. The monoisotopic (exact) mass is 290 g/mol. The van der Waals surface area contributed by atoms with Crippen molar-refractivity contribution in [3.63, 3.8) is 0 Å². The average Bonchev–Trinajstić information content (AvgIpc) is 2.33. The van der Waals surface area contributed by atoms with Crippen LogP contribution in [-0.2, 0) is 0 Å². The third kappa shape index (κ3) is 3.40. The number of hydrogen-bond donors (Lipinski definition) is 0. The van der Waals surface area contributed by atoms with Crippen LogP contribution in [0.4, 0.5) is 0 Å². The lowest BCUT2D eigenvalue weighted by molar-refractivity contribution is 0.101. The van der Waals surface area contributed by atoms with Crippen LogP contribution < -0.4 is 0 Å². The van der Waals surface area contributed by atoms with Crippen LogP contribution in [0, 0.1) is 13.8 Å². The van der Waals surface area contributed by atoms with E-state index in [0.717, 1.165) is 4.90 Å². The van der Waals surface area contributed by atoms with E-state index >= 15 is 0 Å². The zero-order chi connectivity index (χ0) is 14.0. The molecule has 0 aliphatic carbocycles. The molecule has 98 valence electrons. The van der Waals surface area contributed by atoms with Gasteiger partial charge in [-0.05, 0) is 62.2 Å². The smallest absolute Gasteiger partial charge is 0.161 e. The van der Waals surface area contributed by atoms with Crippen molar-refractivity contribution in [3.05, 3.63) is 58.1 Å². The van der Waals surface area contributed by atoms with Gasteiger partial charge in [-0.25, -0.2) is 0 Å². The van der Waals surface area contributed by atoms with Crippen molar-refractivity contribution >= 4 is 29.1 Å². The lowest BCUT2D eigenvalue weighted by Crippen LogP contribution is -1.92. The molecule has 0 aliphatic rings. The van der Waals surface area contributed by atoms with E-state index in [9.17, 15) is 4.79 Å². The predicted molar refractivity (Wildman–Crippen MR) is 81.5 cm³/mol. The number of halogens is 1. The van der Waals surface area contributed by atoms with Crippen molar-refractivity contribution in [3.8, 4) is 0 Å². The largest absolute Gasteiger partial charge is 0.294 e. The first-order chi connectivity index (χ1) is 8.97. The fourth-order valence-electron chi connectivity index (χ4n) is 1.76. The molecule has 0 amide bonds. The van der Waals surface area contributed by atoms with Gasteiger partial charge in [0.2, 0.25) is 0 Å². The van der Waals surface area contributed by atoms with Crippen molar-refractivity contribution in [2.75, 3.05) is 0 Å². The van der Waals surface area contributed by atoms with E-state index in [2.05, 4.69) is 32.0 Å². The summed E-state index contributed by atoms with van der Waals surface area (Å²) in [6.45, 7) is 5.73. The fourth-order valence-corrected chi connectivity index (χ4v) is 3.09. The van der Waals surface area contributed by atoms with Crippen LogP contribution >= 0.6 is 23.4 Å². The summed E-state index contributed by atoms with van der Waals surface area (Å²) in [5.74, 6) is -0.00673. The highest BCUT2D eigenvalue weighted by Gasteiger charge is 2.07. The second kappa shape index (κ2) is 5.81. The van der Waals surface area contributed by atoms with Crippen LogP contribution in [0.1, 0.15) is 28.4 Å². The SMILES string of the molecule is CC(=O)c1ccc(Sc2ccc(C)c(C)c2)cc1Cl. The van der Waals surface area contributed by atoms with E-state index in [1.807, 2.05) is 12.1 Å². The molecule has 0 spiro atoms. The van der Waals surface area contributed by atoms with Crippen LogP contribution in [0.15, 0.2) is 46.2 Å². The molecule has 0 atom stereocenters. The number of ketones is 1. The van der Waals surface area contributed by atoms with Crippen LogP contribution in [0.3, 0.4) is 0 Å². The van der Waals surface area contributed by atoms with Crippen LogP contribution in [0.5, 0.6) is 0 Å². The van der Waals surface area contributed by atoms with E-state index in [4.69, 9.17) is 11.6 Å². The molecule has 0 N–H and O–H groups in total. The lowest BCUT2D eigenvalue weighted by Gasteiger charge is -2.07. The van der Waals surface area contributed by atoms with Gasteiger partial charge in [-0.3, -0.25) is 4.79 Å².